The molecule has 7 nitrogen and oxygen atoms in total. The molecule has 0 bridgehead atoms. The second kappa shape index (κ2) is 9.48. The van der Waals surface area contributed by atoms with E-state index in [-0.39, 0.29) is 12.3 Å². The molecule has 0 radical (unpaired) electrons. The standard InChI is InChI=1S/C24H21ClN4O3S/c1-33(31,32)28-21-13-11-20(12-14-21)26-23(30)15-18-16-29(22-5-3-2-4-6-22)27-24(18)17-7-9-19(25)10-8-17/h2-14,16,28H,15H2,1H3,(H,26,30). The van der Waals surface area contributed by atoms with E-state index in [9.17, 15) is 13.2 Å². The van der Waals surface area contributed by atoms with Crippen LogP contribution < -0.4 is 10.0 Å². The van der Waals surface area contributed by atoms with Crippen molar-refractivity contribution in [2.24, 2.45) is 0 Å². The molecule has 1 heterocycles. The third-order valence-corrected chi connectivity index (χ3v) is 5.61. The number of nitrogens with zero attached hydrogens (tertiary/aromatic N) is 2. The summed E-state index contributed by atoms with van der Waals surface area (Å²) in [4.78, 5) is 12.8. The zero-order valence-corrected chi connectivity index (χ0v) is 19.3. The number of halogens is 1. The first kappa shape index (κ1) is 22.6. The Labute approximate surface area is 197 Å². The number of carbonyl (C=O) groups excluding carboxylic acids is 1. The van der Waals surface area contributed by atoms with Crippen LogP contribution in [-0.2, 0) is 21.2 Å². The molecular weight excluding hydrogens is 460 g/mol. The minimum atomic E-state index is -3.36. The third kappa shape index (κ3) is 6.00. The van der Waals surface area contributed by atoms with Gasteiger partial charge in [0.25, 0.3) is 0 Å². The number of hydrogen-bond donors (Lipinski definition) is 2. The maximum Gasteiger partial charge on any atom is 0.229 e. The minimum Gasteiger partial charge on any atom is -0.326 e. The highest BCUT2D eigenvalue weighted by atomic mass is 35.5. The molecule has 0 saturated carbocycles. The number of hydrogen-bond acceptors (Lipinski definition) is 4. The number of sulfonamides is 1. The predicted octanol–water partition coefficient (Wildman–Crippen LogP) is 4.75. The molecule has 2 N–H and O–H groups in total. The van der Waals surface area contributed by atoms with E-state index in [0.29, 0.717) is 22.1 Å². The Balaban J connectivity index is 1.56. The van der Waals surface area contributed by atoms with Gasteiger partial charge in [-0.2, -0.15) is 5.10 Å². The zero-order valence-electron chi connectivity index (χ0n) is 17.7. The summed E-state index contributed by atoms with van der Waals surface area (Å²) < 4.78 is 26.8. The van der Waals surface area contributed by atoms with Crippen LogP contribution in [0.15, 0.2) is 85.1 Å². The van der Waals surface area contributed by atoms with Crippen molar-refractivity contribution < 1.29 is 13.2 Å². The Morgan fingerprint density at radius 3 is 2.21 bits per heavy atom. The lowest BCUT2D eigenvalue weighted by Gasteiger charge is -2.08. The molecule has 1 amide bonds. The fraction of sp³-hybridized carbons (Fsp3) is 0.0833. The minimum absolute atomic E-state index is 0.105. The second-order valence-corrected chi connectivity index (χ2v) is 9.65. The molecule has 3 aromatic carbocycles. The molecule has 0 saturated heterocycles. The second-order valence-electron chi connectivity index (χ2n) is 7.47. The van der Waals surface area contributed by atoms with Crippen LogP contribution in [-0.4, -0.2) is 30.4 Å². The number of anilines is 2. The SMILES string of the molecule is CS(=O)(=O)Nc1ccc(NC(=O)Cc2cn(-c3ccccc3)nc2-c2ccc(Cl)cc2)cc1. The number of para-hydroxylation sites is 1. The quantitative estimate of drug-likeness (QED) is 0.399. The van der Waals surface area contributed by atoms with Crippen LogP contribution in [0, 0.1) is 0 Å². The van der Waals surface area contributed by atoms with Crippen molar-refractivity contribution >= 4 is 38.9 Å². The van der Waals surface area contributed by atoms with E-state index in [1.165, 1.54) is 0 Å². The molecule has 0 aliphatic heterocycles. The summed E-state index contributed by atoms with van der Waals surface area (Å²) in [5.74, 6) is -0.221. The van der Waals surface area contributed by atoms with Crippen molar-refractivity contribution in [3.05, 3.63) is 95.6 Å². The molecular formula is C24H21ClN4O3S. The Bertz CT molecular complexity index is 1370. The molecule has 168 valence electrons. The van der Waals surface area contributed by atoms with Gasteiger partial charge in [-0.15, -0.1) is 0 Å². The van der Waals surface area contributed by atoms with E-state index < -0.39 is 10.0 Å². The van der Waals surface area contributed by atoms with Gasteiger partial charge < -0.3 is 5.32 Å². The van der Waals surface area contributed by atoms with Crippen molar-refractivity contribution in [1.82, 2.24) is 9.78 Å². The van der Waals surface area contributed by atoms with E-state index in [1.807, 2.05) is 48.7 Å². The first-order valence-electron chi connectivity index (χ1n) is 10.0. The fourth-order valence-corrected chi connectivity index (χ4v) is 4.01. The van der Waals surface area contributed by atoms with Crippen molar-refractivity contribution in [2.45, 2.75) is 6.42 Å². The highest BCUT2D eigenvalue weighted by Gasteiger charge is 2.16. The summed E-state index contributed by atoms with van der Waals surface area (Å²) in [6, 6.07) is 23.4. The van der Waals surface area contributed by atoms with Gasteiger partial charge in [0, 0.05) is 33.7 Å². The van der Waals surface area contributed by atoms with Gasteiger partial charge >= 0.3 is 0 Å². The summed E-state index contributed by atoms with van der Waals surface area (Å²) >= 11 is 6.03. The first-order chi connectivity index (χ1) is 15.8. The molecule has 9 heteroatoms. The number of carbonyl (C=O) groups is 1. The molecule has 33 heavy (non-hydrogen) atoms. The van der Waals surface area contributed by atoms with Gasteiger partial charge in [0.15, 0.2) is 0 Å². The maximum absolute atomic E-state index is 12.8. The number of benzene rings is 3. The van der Waals surface area contributed by atoms with Crippen LogP contribution in [0.5, 0.6) is 0 Å². The molecule has 4 aromatic rings. The van der Waals surface area contributed by atoms with Gasteiger partial charge in [0.1, 0.15) is 0 Å². The number of rotatable bonds is 7. The van der Waals surface area contributed by atoms with Crippen molar-refractivity contribution in [1.29, 1.82) is 0 Å². The van der Waals surface area contributed by atoms with Crippen molar-refractivity contribution in [3.63, 3.8) is 0 Å². The summed E-state index contributed by atoms with van der Waals surface area (Å²) in [6.45, 7) is 0. The van der Waals surface area contributed by atoms with Crippen LogP contribution in [0.25, 0.3) is 16.9 Å². The van der Waals surface area contributed by atoms with Crippen molar-refractivity contribution in [3.8, 4) is 16.9 Å². The maximum atomic E-state index is 12.8. The summed E-state index contributed by atoms with van der Waals surface area (Å²) in [6.07, 6.45) is 3.03. The summed E-state index contributed by atoms with van der Waals surface area (Å²) in [7, 11) is -3.36. The molecule has 0 fully saturated rings. The van der Waals surface area contributed by atoms with Crippen LogP contribution in [0.1, 0.15) is 5.56 Å². The summed E-state index contributed by atoms with van der Waals surface area (Å²) in [5.41, 5.74) is 4.17. The Kier molecular flexibility index (Phi) is 6.48. The topological polar surface area (TPSA) is 93.1 Å². The Morgan fingerprint density at radius 2 is 1.58 bits per heavy atom. The van der Waals surface area contributed by atoms with Gasteiger partial charge in [0.05, 0.1) is 24.1 Å². The third-order valence-electron chi connectivity index (χ3n) is 4.75. The van der Waals surface area contributed by atoms with E-state index >= 15 is 0 Å². The van der Waals surface area contributed by atoms with E-state index in [2.05, 4.69) is 10.0 Å². The van der Waals surface area contributed by atoms with Crippen LogP contribution in [0.2, 0.25) is 5.02 Å². The Hall–Kier alpha value is -3.62. The lowest BCUT2D eigenvalue weighted by molar-refractivity contribution is -0.115. The highest BCUT2D eigenvalue weighted by molar-refractivity contribution is 7.92. The molecule has 4 rings (SSSR count). The van der Waals surface area contributed by atoms with E-state index in [1.54, 1.807) is 41.1 Å². The van der Waals surface area contributed by atoms with E-state index in [0.717, 1.165) is 23.1 Å². The highest BCUT2D eigenvalue weighted by Crippen LogP contribution is 2.26. The molecule has 0 aliphatic rings. The molecule has 0 aliphatic carbocycles. The van der Waals surface area contributed by atoms with Gasteiger partial charge in [0.2, 0.25) is 15.9 Å². The van der Waals surface area contributed by atoms with Crippen LogP contribution in [0.4, 0.5) is 11.4 Å². The van der Waals surface area contributed by atoms with Crippen LogP contribution in [0.3, 0.4) is 0 Å². The molecule has 0 unspecified atom stereocenters. The largest absolute Gasteiger partial charge is 0.326 e. The van der Waals surface area contributed by atoms with E-state index in [4.69, 9.17) is 16.7 Å². The number of aromatic nitrogens is 2. The van der Waals surface area contributed by atoms with Gasteiger partial charge in [-0.1, -0.05) is 41.9 Å². The average Bonchev–Trinajstić information content (AvgIpc) is 3.19. The Morgan fingerprint density at radius 1 is 0.939 bits per heavy atom. The number of nitrogens with one attached hydrogen (secondary N) is 2. The van der Waals surface area contributed by atoms with Crippen LogP contribution >= 0.6 is 11.6 Å². The van der Waals surface area contributed by atoms with Gasteiger partial charge in [-0.05, 0) is 48.5 Å². The van der Waals surface area contributed by atoms with Gasteiger partial charge in [-0.25, -0.2) is 13.1 Å². The normalized spacial score (nSPS) is 11.2. The smallest absolute Gasteiger partial charge is 0.229 e. The fourth-order valence-electron chi connectivity index (χ4n) is 3.32. The average molecular weight is 481 g/mol. The lowest BCUT2D eigenvalue weighted by atomic mass is 10.1. The monoisotopic (exact) mass is 480 g/mol. The first-order valence-corrected chi connectivity index (χ1v) is 12.3. The molecule has 0 spiro atoms. The molecule has 0 atom stereocenters. The van der Waals surface area contributed by atoms with Gasteiger partial charge in [-0.3, -0.25) is 9.52 Å². The molecule has 1 aromatic heterocycles. The van der Waals surface area contributed by atoms with Crippen molar-refractivity contribution in [2.75, 3.05) is 16.3 Å². The lowest BCUT2D eigenvalue weighted by Crippen LogP contribution is -2.15. The number of amides is 1. The zero-order chi connectivity index (χ0) is 23.4. The summed E-state index contributed by atoms with van der Waals surface area (Å²) in [5, 5.41) is 8.18. The predicted molar refractivity (Wildman–Crippen MR) is 131 cm³/mol.